The van der Waals surface area contributed by atoms with Crippen LogP contribution in [0.2, 0.25) is 0 Å². The first-order chi connectivity index (χ1) is 8.51. The van der Waals surface area contributed by atoms with E-state index in [1.54, 1.807) is 6.92 Å². The Bertz CT molecular complexity index is 284. The third-order valence-corrected chi connectivity index (χ3v) is 3.06. The summed E-state index contributed by atoms with van der Waals surface area (Å²) in [4.78, 5) is 33.2. The molecular formula is C14H24O4. The van der Waals surface area contributed by atoms with Gasteiger partial charge in [0.1, 0.15) is 0 Å². The first kappa shape index (κ1) is 16.8. The number of carboxylic acid groups (broad SMARTS) is 1. The molecule has 0 bridgehead atoms. The van der Waals surface area contributed by atoms with Gasteiger partial charge in [-0.15, -0.1) is 0 Å². The lowest BCUT2D eigenvalue weighted by Crippen LogP contribution is -2.17. The number of rotatable bonds is 11. The van der Waals surface area contributed by atoms with E-state index in [4.69, 9.17) is 5.11 Å². The molecule has 0 spiro atoms. The van der Waals surface area contributed by atoms with Crippen molar-refractivity contribution in [2.45, 2.75) is 65.2 Å². The highest BCUT2D eigenvalue weighted by Gasteiger charge is 2.17. The van der Waals surface area contributed by atoms with Gasteiger partial charge in [0, 0.05) is 19.3 Å². The summed E-state index contributed by atoms with van der Waals surface area (Å²) in [5.74, 6) is -1.11. The third kappa shape index (κ3) is 7.98. The van der Waals surface area contributed by atoms with Crippen molar-refractivity contribution in [3.8, 4) is 0 Å². The van der Waals surface area contributed by atoms with Crippen LogP contribution in [-0.4, -0.2) is 22.6 Å². The smallest absolute Gasteiger partial charge is 0.303 e. The molecule has 0 saturated carbocycles. The van der Waals surface area contributed by atoms with Gasteiger partial charge in [0.05, 0.1) is 0 Å². The van der Waals surface area contributed by atoms with Gasteiger partial charge >= 0.3 is 5.97 Å². The van der Waals surface area contributed by atoms with Gasteiger partial charge < -0.3 is 5.11 Å². The fourth-order valence-corrected chi connectivity index (χ4v) is 2.04. The fraction of sp³-hybridized carbons (Fsp3) is 0.786. The van der Waals surface area contributed by atoms with Crippen LogP contribution in [0.5, 0.6) is 0 Å². The standard InChI is InChI=1S/C14H24O4/c1-3-7-11(8-5-6-9-14(17)18)10-13(16)12(15)4-2/h11H,3-10H2,1-2H3,(H,17,18)/t11-/m0/s1. The van der Waals surface area contributed by atoms with Gasteiger partial charge in [-0.3, -0.25) is 14.4 Å². The maximum Gasteiger partial charge on any atom is 0.303 e. The van der Waals surface area contributed by atoms with Crippen molar-refractivity contribution in [2.24, 2.45) is 5.92 Å². The highest BCUT2D eigenvalue weighted by Crippen LogP contribution is 2.20. The molecule has 0 radical (unpaired) electrons. The lowest BCUT2D eigenvalue weighted by atomic mass is 9.90. The minimum Gasteiger partial charge on any atom is -0.481 e. The molecule has 4 nitrogen and oxygen atoms in total. The molecule has 4 heteroatoms. The van der Waals surface area contributed by atoms with E-state index >= 15 is 0 Å². The van der Waals surface area contributed by atoms with E-state index in [1.807, 2.05) is 0 Å². The highest BCUT2D eigenvalue weighted by atomic mass is 16.4. The monoisotopic (exact) mass is 256 g/mol. The first-order valence-electron chi connectivity index (χ1n) is 6.79. The molecule has 0 aliphatic heterocycles. The van der Waals surface area contributed by atoms with Crippen LogP contribution in [0.25, 0.3) is 0 Å². The van der Waals surface area contributed by atoms with Crippen molar-refractivity contribution >= 4 is 17.5 Å². The number of ketones is 2. The summed E-state index contributed by atoms with van der Waals surface area (Å²) in [6.07, 6.45) is 4.98. The van der Waals surface area contributed by atoms with Crippen molar-refractivity contribution in [3.63, 3.8) is 0 Å². The summed E-state index contributed by atoms with van der Waals surface area (Å²) >= 11 is 0. The van der Waals surface area contributed by atoms with Crippen molar-refractivity contribution < 1.29 is 19.5 Å². The maximum absolute atomic E-state index is 11.6. The van der Waals surface area contributed by atoms with Crippen LogP contribution < -0.4 is 0 Å². The highest BCUT2D eigenvalue weighted by molar-refractivity contribution is 6.37. The molecule has 0 amide bonds. The van der Waals surface area contributed by atoms with Crippen LogP contribution in [0.3, 0.4) is 0 Å². The summed E-state index contributed by atoms with van der Waals surface area (Å²) in [6, 6.07) is 0. The van der Waals surface area contributed by atoms with E-state index in [-0.39, 0.29) is 30.3 Å². The van der Waals surface area contributed by atoms with E-state index in [0.717, 1.165) is 25.7 Å². The number of carbonyl (C=O) groups excluding carboxylic acids is 2. The van der Waals surface area contributed by atoms with Crippen LogP contribution in [0.15, 0.2) is 0 Å². The number of Topliss-reactive ketones (excluding diaryl/α,β-unsaturated/α-hetero) is 2. The Kier molecular flexibility index (Phi) is 9.15. The quantitative estimate of drug-likeness (QED) is 0.455. The van der Waals surface area contributed by atoms with E-state index in [1.165, 1.54) is 0 Å². The maximum atomic E-state index is 11.6. The molecule has 0 aliphatic rings. The molecule has 0 aliphatic carbocycles. The number of aliphatic carboxylic acids is 1. The number of hydrogen-bond acceptors (Lipinski definition) is 3. The van der Waals surface area contributed by atoms with Crippen LogP contribution >= 0.6 is 0 Å². The predicted molar refractivity (Wildman–Crippen MR) is 69.4 cm³/mol. The molecule has 1 atom stereocenters. The lowest BCUT2D eigenvalue weighted by molar-refractivity contribution is -0.137. The zero-order valence-electron chi connectivity index (χ0n) is 11.4. The van der Waals surface area contributed by atoms with Gasteiger partial charge in [0.25, 0.3) is 0 Å². The topological polar surface area (TPSA) is 71.4 Å². The second-order valence-electron chi connectivity index (χ2n) is 4.70. The van der Waals surface area contributed by atoms with E-state index < -0.39 is 5.97 Å². The van der Waals surface area contributed by atoms with Crippen LogP contribution in [0.4, 0.5) is 0 Å². The largest absolute Gasteiger partial charge is 0.481 e. The fourth-order valence-electron chi connectivity index (χ4n) is 2.04. The summed E-state index contributed by atoms with van der Waals surface area (Å²) in [5.41, 5.74) is 0. The van der Waals surface area contributed by atoms with Crippen molar-refractivity contribution in [1.82, 2.24) is 0 Å². The zero-order chi connectivity index (χ0) is 14.0. The zero-order valence-corrected chi connectivity index (χ0v) is 11.4. The Labute approximate surface area is 109 Å². The number of carboxylic acids is 1. The molecule has 0 fully saturated rings. The average molecular weight is 256 g/mol. The summed E-state index contributed by atoms with van der Waals surface area (Å²) in [6.45, 7) is 3.75. The second kappa shape index (κ2) is 9.80. The van der Waals surface area contributed by atoms with Crippen molar-refractivity contribution in [2.75, 3.05) is 0 Å². The van der Waals surface area contributed by atoms with E-state index in [2.05, 4.69) is 6.92 Å². The number of hydrogen-bond donors (Lipinski definition) is 1. The Morgan fingerprint density at radius 1 is 1.00 bits per heavy atom. The molecule has 0 rings (SSSR count). The van der Waals surface area contributed by atoms with Crippen LogP contribution in [0.1, 0.15) is 65.2 Å². The molecule has 0 aromatic carbocycles. The van der Waals surface area contributed by atoms with Gasteiger partial charge in [-0.25, -0.2) is 0 Å². The van der Waals surface area contributed by atoms with Gasteiger partial charge in [0.2, 0.25) is 0 Å². The SMILES string of the molecule is CCC[C@@H](CCCCC(=O)O)CC(=O)C(=O)CC. The minimum absolute atomic E-state index is 0.181. The van der Waals surface area contributed by atoms with Gasteiger partial charge in [-0.05, 0) is 18.8 Å². The second-order valence-corrected chi connectivity index (χ2v) is 4.70. The summed E-state index contributed by atoms with van der Waals surface area (Å²) < 4.78 is 0. The Hall–Kier alpha value is -1.19. The third-order valence-electron chi connectivity index (χ3n) is 3.06. The summed E-state index contributed by atoms with van der Waals surface area (Å²) in [5, 5.41) is 8.53. The van der Waals surface area contributed by atoms with Gasteiger partial charge in [-0.2, -0.15) is 0 Å². The molecule has 0 heterocycles. The molecule has 0 unspecified atom stereocenters. The summed E-state index contributed by atoms with van der Waals surface area (Å²) in [7, 11) is 0. The molecule has 0 aromatic heterocycles. The lowest BCUT2D eigenvalue weighted by Gasteiger charge is -2.14. The van der Waals surface area contributed by atoms with E-state index in [0.29, 0.717) is 12.8 Å². The number of carbonyl (C=O) groups is 3. The minimum atomic E-state index is -0.778. The first-order valence-corrected chi connectivity index (χ1v) is 6.79. The van der Waals surface area contributed by atoms with Crippen molar-refractivity contribution in [3.05, 3.63) is 0 Å². The van der Waals surface area contributed by atoms with Gasteiger partial charge in [-0.1, -0.05) is 33.1 Å². The molecule has 1 N–H and O–H groups in total. The van der Waals surface area contributed by atoms with Gasteiger partial charge in [0.15, 0.2) is 11.6 Å². The molecular weight excluding hydrogens is 232 g/mol. The molecule has 18 heavy (non-hydrogen) atoms. The van der Waals surface area contributed by atoms with Crippen LogP contribution in [0, 0.1) is 5.92 Å². The van der Waals surface area contributed by atoms with E-state index in [9.17, 15) is 14.4 Å². The Morgan fingerprint density at radius 2 is 1.67 bits per heavy atom. The predicted octanol–water partition coefficient (Wildman–Crippen LogP) is 2.99. The average Bonchev–Trinajstić information content (AvgIpc) is 2.33. The van der Waals surface area contributed by atoms with Crippen molar-refractivity contribution in [1.29, 1.82) is 0 Å². The molecule has 104 valence electrons. The molecule has 0 aromatic rings. The Balaban J connectivity index is 4.02. The van der Waals surface area contributed by atoms with Crippen LogP contribution in [-0.2, 0) is 14.4 Å². The normalized spacial score (nSPS) is 12.1. The molecule has 0 saturated heterocycles. The number of unbranched alkanes of at least 4 members (excludes halogenated alkanes) is 1. The Morgan fingerprint density at radius 3 is 2.17 bits per heavy atom.